The fraction of sp³-hybridized carbons (Fsp3) is 0.562. The minimum Gasteiger partial charge on any atom is -0.339 e. The van der Waals surface area contributed by atoms with Crippen LogP contribution < -0.4 is 5.73 Å². The summed E-state index contributed by atoms with van der Waals surface area (Å²) in [6, 6.07) is 5.85. The lowest BCUT2D eigenvalue weighted by Gasteiger charge is -2.35. The van der Waals surface area contributed by atoms with Gasteiger partial charge in [-0.25, -0.2) is 8.42 Å². The predicted molar refractivity (Wildman–Crippen MR) is 101 cm³/mol. The maximum atomic E-state index is 12.7. The molecule has 1 saturated heterocycles. The van der Waals surface area contributed by atoms with Gasteiger partial charge in [0.1, 0.15) is 4.90 Å². The first-order valence-corrected chi connectivity index (χ1v) is 9.84. The van der Waals surface area contributed by atoms with Gasteiger partial charge < -0.3 is 10.6 Å². The quantitative estimate of drug-likeness (QED) is 0.805. The summed E-state index contributed by atoms with van der Waals surface area (Å²) in [6.07, 6.45) is 0.622. The van der Waals surface area contributed by atoms with Crippen LogP contribution >= 0.6 is 24.0 Å². The van der Waals surface area contributed by atoms with Crippen molar-refractivity contribution in [1.82, 2.24) is 9.21 Å². The van der Waals surface area contributed by atoms with Crippen molar-refractivity contribution < 1.29 is 13.2 Å². The number of halogens is 2. The third kappa shape index (κ3) is 5.31. The molecule has 2 N–H and O–H groups in total. The SMILES string of the molecule is CC(C)C[C@H](N)C(=O)N1CCN(S(=O)(=O)c2ccccc2Cl)CC1.Cl. The predicted octanol–water partition coefficient (Wildman–Crippen LogP) is 1.97. The van der Waals surface area contributed by atoms with Gasteiger partial charge in [-0.3, -0.25) is 4.79 Å². The Bertz CT molecular complexity index is 690. The van der Waals surface area contributed by atoms with Crippen molar-refractivity contribution in [1.29, 1.82) is 0 Å². The van der Waals surface area contributed by atoms with Gasteiger partial charge in [-0.1, -0.05) is 37.6 Å². The Balaban J connectivity index is 0.00000312. The Labute approximate surface area is 160 Å². The van der Waals surface area contributed by atoms with Crippen LogP contribution in [0.5, 0.6) is 0 Å². The summed E-state index contributed by atoms with van der Waals surface area (Å²) in [6.45, 7) is 5.20. The van der Waals surface area contributed by atoms with Crippen molar-refractivity contribution >= 4 is 39.9 Å². The lowest BCUT2D eigenvalue weighted by atomic mass is 10.0. The van der Waals surface area contributed by atoms with Gasteiger partial charge in [0.15, 0.2) is 0 Å². The summed E-state index contributed by atoms with van der Waals surface area (Å²) in [5, 5.41) is 0.204. The number of hydrogen-bond donors (Lipinski definition) is 1. The lowest BCUT2D eigenvalue weighted by molar-refractivity contribution is -0.134. The molecule has 0 unspecified atom stereocenters. The van der Waals surface area contributed by atoms with Crippen molar-refractivity contribution in [3.8, 4) is 0 Å². The Morgan fingerprint density at radius 1 is 1.20 bits per heavy atom. The Hall–Kier alpha value is -0.860. The Morgan fingerprint density at radius 2 is 1.76 bits per heavy atom. The highest BCUT2D eigenvalue weighted by Gasteiger charge is 2.32. The fourth-order valence-electron chi connectivity index (χ4n) is 2.79. The summed E-state index contributed by atoms with van der Waals surface area (Å²) in [5.41, 5.74) is 5.94. The third-order valence-corrected chi connectivity index (χ3v) is 6.45. The molecule has 1 aromatic rings. The van der Waals surface area contributed by atoms with Crippen LogP contribution in [0.2, 0.25) is 5.02 Å². The molecule has 0 radical (unpaired) electrons. The summed E-state index contributed by atoms with van der Waals surface area (Å²) in [4.78, 5) is 14.1. The van der Waals surface area contributed by atoms with E-state index in [1.165, 1.54) is 10.4 Å². The second-order valence-electron chi connectivity index (χ2n) is 6.40. The topological polar surface area (TPSA) is 83.7 Å². The monoisotopic (exact) mass is 409 g/mol. The van der Waals surface area contributed by atoms with Crippen LogP contribution in [0.15, 0.2) is 29.2 Å². The number of hydrogen-bond acceptors (Lipinski definition) is 4. The van der Waals surface area contributed by atoms with E-state index in [0.717, 1.165) is 0 Å². The average Bonchev–Trinajstić information content (AvgIpc) is 2.54. The van der Waals surface area contributed by atoms with Crippen LogP contribution in [0.4, 0.5) is 0 Å². The van der Waals surface area contributed by atoms with Gasteiger partial charge in [-0.05, 0) is 24.5 Å². The highest BCUT2D eigenvalue weighted by molar-refractivity contribution is 7.89. The number of carbonyl (C=O) groups is 1. The zero-order valence-corrected chi connectivity index (χ0v) is 16.8. The molecule has 6 nitrogen and oxygen atoms in total. The average molecular weight is 410 g/mol. The number of sulfonamides is 1. The summed E-state index contributed by atoms with van der Waals surface area (Å²) >= 11 is 6.01. The first-order valence-electron chi connectivity index (χ1n) is 8.02. The van der Waals surface area contributed by atoms with E-state index in [0.29, 0.717) is 25.4 Å². The van der Waals surface area contributed by atoms with Crippen molar-refractivity contribution in [3.63, 3.8) is 0 Å². The van der Waals surface area contributed by atoms with E-state index in [-0.39, 0.29) is 41.3 Å². The molecule has 25 heavy (non-hydrogen) atoms. The van der Waals surface area contributed by atoms with E-state index in [1.54, 1.807) is 23.1 Å². The number of nitrogens with zero attached hydrogens (tertiary/aromatic N) is 2. The van der Waals surface area contributed by atoms with Gasteiger partial charge in [-0.15, -0.1) is 12.4 Å². The van der Waals surface area contributed by atoms with Gasteiger partial charge in [0.2, 0.25) is 15.9 Å². The molecule has 1 atom stereocenters. The molecule has 1 aliphatic heterocycles. The van der Waals surface area contributed by atoms with Crippen LogP contribution in [0.3, 0.4) is 0 Å². The first-order chi connectivity index (χ1) is 11.2. The Morgan fingerprint density at radius 3 is 2.28 bits per heavy atom. The maximum Gasteiger partial charge on any atom is 0.244 e. The minimum atomic E-state index is -3.65. The van der Waals surface area contributed by atoms with Gasteiger partial charge in [0.25, 0.3) is 0 Å². The van der Waals surface area contributed by atoms with E-state index in [4.69, 9.17) is 17.3 Å². The minimum absolute atomic E-state index is 0. The van der Waals surface area contributed by atoms with Crippen molar-refractivity contribution in [2.75, 3.05) is 26.2 Å². The molecule has 1 amide bonds. The number of piperazine rings is 1. The van der Waals surface area contributed by atoms with Gasteiger partial charge >= 0.3 is 0 Å². The molecule has 1 aromatic carbocycles. The standard InChI is InChI=1S/C16H24ClN3O3S.ClH/c1-12(2)11-14(18)16(21)19-7-9-20(10-8-19)24(22,23)15-6-4-3-5-13(15)17;/h3-6,12,14H,7-11,18H2,1-2H3;1H/t14-;/m0./s1. The van der Waals surface area contributed by atoms with Crippen LogP contribution in [-0.4, -0.2) is 55.8 Å². The number of carbonyl (C=O) groups excluding carboxylic acids is 1. The highest BCUT2D eigenvalue weighted by atomic mass is 35.5. The number of amides is 1. The van der Waals surface area contributed by atoms with Crippen molar-refractivity contribution in [2.24, 2.45) is 11.7 Å². The Kier molecular flexibility index (Phi) is 8.15. The molecular formula is C16H25Cl2N3O3S. The van der Waals surface area contributed by atoms with E-state index in [2.05, 4.69) is 0 Å². The first kappa shape index (κ1) is 22.2. The van der Waals surface area contributed by atoms with Crippen LogP contribution in [0.1, 0.15) is 20.3 Å². The zero-order valence-electron chi connectivity index (χ0n) is 14.4. The fourth-order valence-corrected chi connectivity index (χ4v) is 4.70. The molecule has 2 rings (SSSR count). The van der Waals surface area contributed by atoms with Crippen LogP contribution in [0, 0.1) is 5.92 Å². The molecule has 0 aromatic heterocycles. The van der Waals surface area contributed by atoms with Crippen molar-refractivity contribution in [3.05, 3.63) is 29.3 Å². The normalized spacial score (nSPS) is 17.2. The summed E-state index contributed by atoms with van der Waals surface area (Å²) in [5.74, 6) is 0.226. The molecule has 1 aliphatic rings. The van der Waals surface area contributed by atoms with Crippen molar-refractivity contribution in [2.45, 2.75) is 31.2 Å². The molecule has 9 heteroatoms. The highest BCUT2D eigenvalue weighted by Crippen LogP contribution is 2.25. The maximum absolute atomic E-state index is 12.7. The van der Waals surface area contributed by atoms with Gasteiger partial charge in [-0.2, -0.15) is 4.31 Å². The summed E-state index contributed by atoms with van der Waals surface area (Å²) < 4.78 is 26.7. The molecule has 0 spiro atoms. The van der Waals surface area contributed by atoms with E-state index in [1.807, 2.05) is 13.8 Å². The van der Waals surface area contributed by atoms with Crippen LogP contribution in [-0.2, 0) is 14.8 Å². The number of rotatable bonds is 5. The summed E-state index contributed by atoms with van der Waals surface area (Å²) in [7, 11) is -3.65. The molecule has 1 heterocycles. The molecule has 0 saturated carbocycles. The number of benzene rings is 1. The van der Waals surface area contributed by atoms with Gasteiger partial charge in [0.05, 0.1) is 11.1 Å². The van der Waals surface area contributed by atoms with E-state index in [9.17, 15) is 13.2 Å². The number of nitrogens with two attached hydrogens (primary N) is 1. The second-order valence-corrected chi connectivity index (χ2v) is 8.71. The third-order valence-electron chi connectivity index (χ3n) is 4.05. The second kappa shape index (κ2) is 9.19. The lowest BCUT2D eigenvalue weighted by Crippen LogP contribution is -2.54. The van der Waals surface area contributed by atoms with E-state index < -0.39 is 16.1 Å². The smallest absolute Gasteiger partial charge is 0.244 e. The van der Waals surface area contributed by atoms with E-state index >= 15 is 0 Å². The largest absolute Gasteiger partial charge is 0.339 e. The molecule has 0 bridgehead atoms. The zero-order chi connectivity index (χ0) is 17.9. The molecule has 1 fully saturated rings. The molecule has 142 valence electrons. The van der Waals surface area contributed by atoms with Gasteiger partial charge in [0, 0.05) is 26.2 Å². The molecule has 0 aliphatic carbocycles. The van der Waals surface area contributed by atoms with Crippen LogP contribution in [0.25, 0.3) is 0 Å². The molecular weight excluding hydrogens is 385 g/mol.